The number of ketones is 1. The fraction of sp³-hybridized carbons (Fsp3) is 0.488. The second kappa shape index (κ2) is 19.5. The van der Waals surface area contributed by atoms with E-state index in [1.54, 1.807) is 87.3 Å². The highest BCUT2D eigenvalue weighted by Gasteiger charge is 2.59. The summed E-state index contributed by atoms with van der Waals surface area (Å²) in [6, 6.07) is 22.5. The minimum atomic E-state index is -4.40. The Morgan fingerprint density at radius 2 is 1.39 bits per heavy atom. The van der Waals surface area contributed by atoms with Gasteiger partial charge in [0.15, 0.2) is 12.4 Å². The number of benzene rings is 3. The number of rotatable bonds is 19. The van der Waals surface area contributed by atoms with E-state index in [0.717, 1.165) is 28.5 Å². The van der Waals surface area contributed by atoms with E-state index in [4.69, 9.17) is 34.2 Å². The van der Waals surface area contributed by atoms with Gasteiger partial charge in [0.05, 0.1) is 40.0 Å². The third-order valence-corrected chi connectivity index (χ3v) is 12.4. The first-order valence-electron chi connectivity index (χ1n) is 18.8. The number of hydrogen-bond acceptors (Lipinski definition) is 11. The molecule has 0 bridgehead atoms. The van der Waals surface area contributed by atoms with Crippen molar-refractivity contribution in [1.29, 1.82) is 0 Å². The quantitative estimate of drug-likeness (QED) is 0.0416. The molecule has 0 aliphatic carbocycles. The van der Waals surface area contributed by atoms with Gasteiger partial charge in [0, 0.05) is 28.3 Å². The Kier molecular flexibility index (Phi) is 15.8. The molecule has 1 aliphatic heterocycles. The molecule has 57 heavy (non-hydrogen) atoms. The number of phosphoric acid groups is 1. The van der Waals surface area contributed by atoms with Crippen molar-refractivity contribution in [3.05, 3.63) is 95.6 Å². The molecular formula is C43H54BFO10PS. The number of hydrogen-bond donors (Lipinski definition) is 1. The zero-order valence-electron chi connectivity index (χ0n) is 34.0. The van der Waals surface area contributed by atoms with Crippen molar-refractivity contribution in [3.8, 4) is 23.8 Å². The van der Waals surface area contributed by atoms with Gasteiger partial charge in [-0.05, 0) is 47.4 Å². The Morgan fingerprint density at radius 3 is 1.88 bits per heavy atom. The fourth-order valence-electron chi connectivity index (χ4n) is 6.24. The molecule has 1 heterocycles. The van der Waals surface area contributed by atoms with E-state index in [2.05, 4.69) is 5.92 Å². The molecule has 0 aromatic heterocycles. The highest BCUT2D eigenvalue weighted by Crippen LogP contribution is 2.51. The molecule has 1 radical (unpaired) electrons. The maximum Gasteiger partial charge on any atom is 0.474 e. The van der Waals surface area contributed by atoms with Gasteiger partial charge in [0.2, 0.25) is 5.67 Å². The van der Waals surface area contributed by atoms with Crippen molar-refractivity contribution in [1.82, 2.24) is 0 Å². The maximum atomic E-state index is 17.2. The van der Waals surface area contributed by atoms with Crippen LogP contribution in [-0.4, -0.2) is 87.0 Å². The molecule has 0 amide bonds. The second-order valence-electron chi connectivity index (χ2n) is 15.8. The summed E-state index contributed by atoms with van der Waals surface area (Å²) in [5, 5.41) is 10.2. The Morgan fingerprint density at radius 1 is 0.860 bits per heavy atom. The minimum absolute atomic E-state index is 0.00550. The van der Waals surface area contributed by atoms with E-state index in [1.807, 2.05) is 54.6 Å². The molecule has 10 nitrogen and oxygen atoms in total. The number of phosphoric ester groups is 1. The number of aliphatic hydroxyl groups is 1. The molecule has 0 saturated carbocycles. The lowest BCUT2D eigenvalue weighted by Gasteiger charge is -2.39. The summed E-state index contributed by atoms with van der Waals surface area (Å²) in [4.78, 5) is 25.0. The molecular weight excluding hydrogens is 769 g/mol. The van der Waals surface area contributed by atoms with Crippen LogP contribution in [0.4, 0.5) is 4.39 Å². The van der Waals surface area contributed by atoms with Crippen molar-refractivity contribution in [3.63, 3.8) is 0 Å². The lowest BCUT2D eigenvalue weighted by molar-refractivity contribution is -0.126. The van der Waals surface area contributed by atoms with Crippen LogP contribution in [-0.2, 0) is 37.8 Å². The van der Waals surface area contributed by atoms with Crippen molar-refractivity contribution in [2.45, 2.75) is 83.6 Å². The van der Waals surface area contributed by atoms with Crippen LogP contribution in [0.2, 0.25) is 0 Å². The molecule has 1 aliphatic rings. The summed E-state index contributed by atoms with van der Waals surface area (Å²) in [7, 11) is 0.353. The molecule has 1 saturated heterocycles. The summed E-state index contributed by atoms with van der Waals surface area (Å²) < 4.78 is 65.3. The number of terminal acetylenes is 1. The van der Waals surface area contributed by atoms with Gasteiger partial charge in [-0.3, -0.25) is 23.2 Å². The van der Waals surface area contributed by atoms with Crippen molar-refractivity contribution in [2.24, 2.45) is 10.8 Å². The van der Waals surface area contributed by atoms with E-state index >= 15 is 4.39 Å². The van der Waals surface area contributed by atoms with Crippen LogP contribution in [0.15, 0.2) is 78.9 Å². The van der Waals surface area contributed by atoms with Gasteiger partial charge < -0.3 is 19.3 Å². The van der Waals surface area contributed by atoms with Crippen LogP contribution in [0.1, 0.15) is 71.1 Å². The van der Waals surface area contributed by atoms with Crippen LogP contribution >= 0.6 is 19.6 Å². The number of halogens is 1. The zero-order chi connectivity index (χ0) is 42.1. The molecule has 14 heteroatoms. The normalized spacial score (nSPS) is 21.0. The van der Waals surface area contributed by atoms with Crippen LogP contribution < -0.4 is 9.47 Å². The molecule has 1 N–H and O–H groups in total. The van der Waals surface area contributed by atoms with E-state index < -0.39 is 54.5 Å². The number of alkyl halides is 1. The number of ether oxygens (including phenoxy) is 3. The van der Waals surface area contributed by atoms with Gasteiger partial charge in [-0.25, -0.2) is 8.96 Å². The Labute approximate surface area is 341 Å². The number of methoxy groups -OCH3 is 2. The third-order valence-electron chi connectivity index (χ3n) is 9.67. The number of Topliss-reactive ketones (excluding diaryl/α,β-unsaturated/α-hetero) is 1. The Bertz CT molecular complexity index is 1790. The first-order chi connectivity index (χ1) is 26.8. The average Bonchev–Trinajstić information content (AvgIpc) is 3.43. The highest BCUT2D eigenvalue weighted by atomic mass is 32.2. The lowest BCUT2D eigenvalue weighted by Crippen LogP contribution is -2.52. The topological polar surface area (TPSA) is 127 Å². The highest BCUT2D eigenvalue weighted by molar-refractivity contribution is 8.13. The second-order valence-corrected chi connectivity index (χ2v) is 18.6. The summed E-state index contributed by atoms with van der Waals surface area (Å²) in [6.07, 6.45) is 2.90. The van der Waals surface area contributed by atoms with E-state index in [1.165, 1.54) is 0 Å². The number of thioether (sulfide) groups is 1. The molecule has 307 valence electrons. The summed E-state index contributed by atoms with van der Waals surface area (Å²) in [5.74, 6) is 3.51. The molecule has 5 atom stereocenters. The van der Waals surface area contributed by atoms with Crippen LogP contribution in [0, 0.1) is 23.2 Å². The summed E-state index contributed by atoms with van der Waals surface area (Å²) >= 11 is 1.01. The standard InChI is InChI=1S/C43H54BFO10PS/c1-10-42(45)37(47)35(29-54-56(49,52-26-14-17-36(46)40(2,3)4)53-27-28-57-39(48)41(5,6)7)55-38(42)44-43(30-15-12-11-13-16-30,31-18-22-33(50-8)23-19-31)32-20-24-34(51-9)25-21-32/h1,11-13,15-16,18-25,35,37-38,47H,14,17,26-29H2,2-9H3/t35-,37-,38-,42-,56?/m1/s1. The predicted octanol–water partition coefficient (Wildman–Crippen LogP) is 7.99. The number of aliphatic hydroxyl groups excluding tert-OH is 1. The van der Waals surface area contributed by atoms with Gasteiger partial charge >= 0.3 is 7.82 Å². The van der Waals surface area contributed by atoms with E-state index in [9.17, 15) is 19.3 Å². The molecule has 4 rings (SSSR count). The Balaban J connectivity index is 1.65. The molecule has 3 aromatic rings. The van der Waals surface area contributed by atoms with E-state index in [-0.39, 0.29) is 42.7 Å². The molecule has 3 aromatic carbocycles. The lowest BCUT2D eigenvalue weighted by atomic mass is 9.40. The minimum Gasteiger partial charge on any atom is -0.497 e. The van der Waals surface area contributed by atoms with Gasteiger partial charge in [0.25, 0.3) is 0 Å². The molecule has 1 fully saturated rings. The number of carbonyl (C=O) groups is 2. The largest absolute Gasteiger partial charge is 0.497 e. The molecule has 1 unspecified atom stereocenters. The maximum absolute atomic E-state index is 17.2. The van der Waals surface area contributed by atoms with Gasteiger partial charge in [-0.2, -0.15) is 0 Å². The zero-order valence-corrected chi connectivity index (χ0v) is 35.7. The predicted molar refractivity (Wildman–Crippen MR) is 221 cm³/mol. The van der Waals surface area contributed by atoms with Crippen LogP contribution in [0.3, 0.4) is 0 Å². The van der Waals surface area contributed by atoms with Crippen molar-refractivity contribution in [2.75, 3.05) is 39.8 Å². The fourth-order valence-corrected chi connectivity index (χ4v) is 8.37. The average molecular weight is 824 g/mol. The first kappa shape index (κ1) is 46.2. The Hall–Kier alpha value is -3.47. The summed E-state index contributed by atoms with van der Waals surface area (Å²) in [5.41, 5.74) is -1.75. The number of carbonyl (C=O) groups excluding carboxylic acids is 2. The van der Waals surface area contributed by atoms with Gasteiger partial charge in [-0.15, -0.1) is 6.42 Å². The van der Waals surface area contributed by atoms with Gasteiger partial charge in [-0.1, -0.05) is 114 Å². The van der Waals surface area contributed by atoms with Crippen molar-refractivity contribution < 1.29 is 51.4 Å². The van der Waals surface area contributed by atoms with E-state index in [0.29, 0.717) is 11.5 Å². The molecule has 0 spiro atoms. The monoisotopic (exact) mass is 823 g/mol. The first-order valence-corrected chi connectivity index (χ1v) is 21.2. The summed E-state index contributed by atoms with van der Waals surface area (Å²) in [6.45, 7) is 9.81. The van der Waals surface area contributed by atoms with Crippen LogP contribution in [0.25, 0.3) is 0 Å². The van der Waals surface area contributed by atoms with Crippen molar-refractivity contribution >= 4 is 37.8 Å². The SMILES string of the molecule is C#C[C@]1(F)[C@H]([B]C(c2ccccc2)(c2ccc(OC)cc2)c2ccc(OC)cc2)O[C@H](COP(=O)(OCCCC(=O)C(C)(C)C)OCCSC(=O)C(C)(C)C)[C@H]1O. The van der Waals surface area contributed by atoms with Crippen LogP contribution in [0.5, 0.6) is 11.5 Å². The third kappa shape index (κ3) is 11.4. The smallest absolute Gasteiger partial charge is 0.474 e. The van der Waals surface area contributed by atoms with Gasteiger partial charge in [0.1, 0.15) is 29.5 Å².